The van der Waals surface area contributed by atoms with Crippen LogP contribution in [0.3, 0.4) is 0 Å². The van der Waals surface area contributed by atoms with E-state index in [0.717, 1.165) is 6.42 Å². The van der Waals surface area contributed by atoms with Crippen LogP contribution in [-0.2, 0) is 0 Å². The van der Waals surface area contributed by atoms with Crippen LogP contribution in [0.15, 0.2) is 0 Å². The van der Waals surface area contributed by atoms with Crippen LogP contribution >= 0.6 is 0 Å². The Kier molecular flexibility index (Phi) is 3.38. The minimum absolute atomic E-state index is 0.0954. The molecule has 14 heavy (non-hydrogen) atoms. The maximum absolute atomic E-state index is 12.7. The highest BCUT2D eigenvalue weighted by Gasteiger charge is 2.54. The number of rotatable bonds is 2. The zero-order valence-electron chi connectivity index (χ0n) is 7.82. The minimum Gasteiger partial charge on any atom is -0.291 e. The highest BCUT2D eigenvalue weighted by Crippen LogP contribution is 2.41. The van der Waals surface area contributed by atoms with Crippen molar-refractivity contribution >= 4 is 0 Å². The van der Waals surface area contributed by atoms with Gasteiger partial charge in [0.15, 0.2) is 0 Å². The van der Waals surface area contributed by atoms with Gasteiger partial charge >= 0.3 is 6.18 Å². The molecule has 0 heterocycles. The molecular weight excluding hydrogens is 193 g/mol. The Morgan fingerprint density at radius 1 is 1.21 bits per heavy atom. The van der Waals surface area contributed by atoms with Crippen LogP contribution in [0.5, 0.6) is 0 Å². The number of halogens is 3. The van der Waals surface area contributed by atoms with Crippen molar-refractivity contribution in [2.45, 2.75) is 43.8 Å². The van der Waals surface area contributed by atoms with E-state index >= 15 is 0 Å². The van der Waals surface area contributed by atoms with Gasteiger partial charge in [0.05, 0.1) is 12.6 Å². The molecule has 0 atom stereocenters. The average Bonchev–Trinajstić information content (AvgIpc) is 2.14. The molecule has 0 aliphatic heterocycles. The first-order valence-electron chi connectivity index (χ1n) is 4.70. The lowest BCUT2D eigenvalue weighted by molar-refractivity contribution is -0.204. The molecule has 0 bridgehead atoms. The van der Waals surface area contributed by atoms with Crippen LogP contribution in [-0.4, -0.2) is 18.3 Å². The summed E-state index contributed by atoms with van der Waals surface area (Å²) in [6, 6.07) is 1.70. The van der Waals surface area contributed by atoms with Gasteiger partial charge in [0, 0.05) is 0 Å². The van der Waals surface area contributed by atoms with E-state index in [9.17, 15) is 13.2 Å². The summed E-state index contributed by atoms with van der Waals surface area (Å²) in [6.45, 7) is -0.237. The number of nitrogens with one attached hydrogen (secondary N) is 1. The van der Waals surface area contributed by atoms with E-state index in [1.165, 1.54) is 0 Å². The fourth-order valence-corrected chi connectivity index (χ4v) is 1.92. The lowest BCUT2D eigenvalue weighted by Crippen LogP contribution is -2.57. The monoisotopic (exact) mass is 206 g/mol. The Bertz CT molecular complexity index is 223. The molecular formula is C9H13F3N2. The average molecular weight is 206 g/mol. The molecule has 1 fully saturated rings. The predicted octanol–water partition coefficient (Wildman–Crippen LogP) is 2.36. The van der Waals surface area contributed by atoms with E-state index in [0.29, 0.717) is 12.8 Å². The maximum atomic E-state index is 12.7. The van der Waals surface area contributed by atoms with E-state index in [2.05, 4.69) is 5.32 Å². The molecule has 1 N–H and O–H groups in total. The zero-order valence-corrected chi connectivity index (χ0v) is 7.82. The van der Waals surface area contributed by atoms with Gasteiger partial charge in [-0.2, -0.15) is 18.4 Å². The molecule has 0 amide bonds. The van der Waals surface area contributed by atoms with Crippen molar-refractivity contribution in [2.24, 2.45) is 0 Å². The standard InChI is InChI=1S/C9H13F3N2/c10-9(11,12)8(14-7-6-13)4-2-1-3-5-8/h14H,1-5,7H2. The van der Waals surface area contributed by atoms with E-state index in [1.54, 1.807) is 6.07 Å². The summed E-state index contributed by atoms with van der Waals surface area (Å²) >= 11 is 0. The lowest BCUT2D eigenvalue weighted by atomic mass is 9.81. The fourth-order valence-electron chi connectivity index (χ4n) is 1.92. The summed E-state index contributed by atoms with van der Waals surface area (Å²) in [7, 11) is 0. The second-order valence-electron chi connectivity index (χ2n) is 3.65. The fraction of sp³-hybridized carbons (Fsp3) is 0.889. The minimum atomic E-state index is -4.25. The van der Waals surface area contributed by atoms with Gasteiger partial charge in [0.2, 0.25) is 0 Å². The van der Waals surface area contributed by atoms with E-state index in [-0.39, 0.29) is 19.4 Å². The van der Waals surface area contributed by atoms with Crippen LogP contribution in [0, 0.1) is 11.3 Å². The molecule has 1 rings (SSSR count). The molecule has 1 aliphatic rings. The number of hydrogen-bond donors (Lipinski definition) is 1. The first-order chi connectivity index (χ1) is 6.52. The third kappa shape index (κ3) is 2.18. The summed E-state index contributed by atoms with van der Waals surface area (Å²) in [4.78, 5) is 0. The number of nitrogens with zero attached hydrogens (tertiary/aromatic N) is 1. The Hall–Kier alpha value is -0.760. The van der Waals surface area contributed by atoms with Crippen molar-refractivity contribution in [2.75, 3.05) is 6.54 Å². The Labute approximate surface area is 81.1 Å². The summed E-state index contributed by atoms with van der Waals surface area (Å²) in [6.07, 6.45) is -2.04. The largest absolute Gasteiger partial charge is 0.406 e. The van der Waals surface area contributed by atoms with Crippen LogP contribution in [0.25, 0.3) is 0 Å². The quantitative estimate of drug-likeness (QED) is 0.704. The molecule has 5 heteroatoms. The lowest BCUT2D eigenvalue weighted by Gasteiger charge is -2.39. The van der Waals surface area contributed by atoms with Crippen molar-refractivity contribution < 1.29 is 13.2 Å². The number of alkyl halides is 3. The van der Waals surface area contributed by atoms with Crippen molar-refractivity contribution in [1.29, 1.82) is 5.26 Å². The summed E-state index contributed by atoms with van der Waals surface area (Å²) in [5.74, 6) is 0. The van der Waals surface area contributed by atoms with Crippen LogP contribution in [0.2, 0.25) is 0 Å². The van der Waals surface area contributed by atoms with Gasteiger partial charge < -0.3 is 0 Å². The van der Waals surface area contributed by atoms with Gasteiger partial charge in [-0.3, -0.25) is 5.32 Å². The highest BCUT2D eigenvalue weighted by molar-refractivity contribution is 4.99. The smallest absolute Gasteiger partial charge is 0.291 e. The number of nitriles is 1. The van der Waals surface area contributed by atoms with Crippen molar-refractivity contribution in [3.05, 3.63) is 0 Å². The third-order valence-corrected chi connectivity index (χ3v) is 2.76. The second-order valence-corrected chi connectivity index (χ2v) is 3.65. The predicted molar refractivity (Wildman–Crippen MR) is 45.5 cm³/mol. The van der Waals surface area contributed by atoms with Gasteiger partial charge in [0.25, 0.3) is 0 Å². The van der Waals surface area contributed by atoms with Crippen LogP contribution in [0.1, 0.15) is 32.1 Å². The molecule has 80 valence electrons. The second kappa shape index (κ2) is 4.18. The van der Waals surface area contributed by atoms with Gasteiger partial charge in [-0.05, 0) is 12.8 Å². The first-order valence-corrected chi connectivity index (χ1v) is 4.70. The Morgan fingerprint density at radius 3 is 2.21 bits per heavy atom. The van der Waals surface area contributed by atoms with Gasteiger partial charge in [-0.15, -0.1) is 0 Å². The van der Waals surface area contributed by atoms with Crippen molar-refractivity contribution in [1.82, 2.24) is 5.32 Å². The normalized spacial score (nSPS) is 21.6. The molecule has 1 saturated carbocycles. The Balaban J connectivity index is 2.73. The Morgan fingerprint density at radius 2 is 1.79 bits per heavy atom. The van der Waals surface area contributed by atoms with Crippen molar-refractivity contribution in [3.63, 3.8) is 0 Å². The summed E-state index contributed by atoms with van der Waals surface area (Å²) in [5.41, 5.74) is -1.80. The molecule has 2 nitrogen and oxygen atoms in total. The molecule has 0 spiro atoms. The van der Waals surface area contributed by atoms with Gasteiger partial charge in [0.1, 0.15) is 5.54 Å². The van der Waals surface area contributed by atoms with Crippen LogP contribution < -0.4 is 5.32 Å². The molecule has 1 aliphatic carbocycles. The zero-order chi connectivity index (χ0) is 10.7. The maximum Gasteiger partial charge on any atom is 0.406 e. The molecule has 0 aromatic carbocycles. The SMILES string of the molecule is N#CCNC1(C(F)(F)F)CCCCC1. The topological polar surface area (TPSA) is 35.8 Å². The van der Waals surface area contributed by atoms with Crippen molar-refractivity contribution in [3.8, 4) is 6.07 Å². The molecule has 0 saturated heterocycles. The summed E-state index contributed by atoms with van der Waals surface area (Å²) < 4.78 is 38.2. The number of hydrogen-bond acceptors (Lipinski definition) is 2. The van der Waals surface area contributed by atoms with Crippen LogP contribution in [0.4, 0.5) is 13.2 Å². The summed E-state index contributed by atoms with van der Waals surface area (Å²) in [5, 5.41) is 10.6. The van der Waals surface area contributed by atoms with Gasteiger partial charge in [-0.25, -0.2) is 0 Å². The highest BCUT2D eigenvalue weighted by atomic mass is 19.4. The van der Waals surface area contributed by atoms with Gasteiger partial charge in [-0.1, -0.05) is 19.3 Å². The third-order valence-electron chi connectivity index (χ3n) is 2.76. The molecule has 0 aromatic rings. The first kappa shape index (κ1) is 11.3. The molecule has 0 radical (unpaired) electrons. The molecule has 0 aromatic heterocycles. The van der Waals surface area contributed by atoms with E-state index in [1.807, 2.05) is 0 Å². The van der Waals surface area contributed by atoms with E-state index < -0.39 is 11.7 Å². The molecule has 0 unspecified atom stereocenters. The van der Waals surface area contributed by atoms with E-state index in [4.69, 9.17) is 5.26 Å².